The molecule has 88 valence electrons. The summed E-state index contributed by atoms with van der Waals surface area (Å²) in [5, 5.41) is 12.8. The Balaban J connectivity index is 1.83. The SMILES string of the molecule is Cc1ccc(C#N)c(NC(C2CC2)C2CC2)c1. The molecular formula is C15H18N2. The molecule has 0 radical (unpaired) electrons. The van der Waals surface area contributed by atoms with Gasteiger partial charge in [-0.25, -0.2) is 0 Å². The van der Waals surface area contributed by atoms with E-state index in [0.717, 1.165) is 23.1 Å². The third-order valence-corrected chi connectivity index (χ3v) is 3.88. The molecule has 0 saturated heterocycles. The molecule has 2 fully saturated rings. The van der Waals surface area contributed by atoms with Crippen molar-refractivity contribution in [2.75, 3.05) is 5.32 Å². The summed E-state index contributed by atoms with van der Waals surface area (Å²) >= 11 is 0. The van der Waals surface area contributed by atoms with Gasteiger partial charge in [0.2, 0.25) is 0 Å². The molecule has 0 amide bonds. The maximum Gasteiger partial charge on any atom is 0.101 e. The zero-order chi connectivity index (χ0) is 11.8. The van der Waals surface area contributed by atoms with Crippen LogP contribution in [-0.2, 0) is 0 Å². The molecule has 0 heterocycles. The standard InChI is InChI=1S/C15H18N2/c1-10-2-3-13(9-16)14(8-10)17-15(11-4-5-11)12-6-7-12/h2-3,8,11-12,15,17H,4-7H2,1H3. The second-order valence-electron chi connectivity index (χ2n) is 5.51. The number of nitrogens with zero attached hydrogens (tertiary/aromatic N) is 1. The van der Waals surface area contributed by atoms with Crippen LogP contribution in [0.3, 0.4) is 0 Å². The number of anilines is 1. The molecule has 2 heteroatoms. The average Bonchev–Trinajstić information content (AvgIpc) is 3.16. The Morgan fingerprint density at radius 3 is 2.41 bits per heavy atom. The summed E-state index contributed by atoms with van der Waals surface area (Å²) in [6.07, 6.45) is 5.45. The molecule has 0 unspecified atom stereocenters. The van der Waals surface area contributed by atoms with Gasteiger partial charge in [0.05, 0.1) is 11.3 Å². The normalized spacial score (nSPS) is 19.1. The topological polar surface area (TPSA) is 35.8 Å². The van der Waals surface area contributed by atoms with Gasteiger partial charge in [-0.2, -0.15) is 5.26 Å². The van der Waals surface area contributed by atoms with E-state index in [-0.39, 0.29) is 0 Å². The maximum atomic E-state index is 9.14. The van der Waals surface area contributed by atoms with Gasteiger partial charge < -0.3 is 5.32 Å². The van der Waals surface area contributed by atoms with Crippen LogP contribution < -0.4 is 5.32 Å². The second kappa shape index (κ2) is 4.07. The summed E-state index contributed by atoms with van der Waals surface area (Å²) in [7, 11) is 0. The Morgan fingerprint density at radius 1 is 1.24 bits per heavy atom. The maximum absolute atomic E-state index is 9.14. The Kier molecular flexibility index (Phi) is 2.55. The summed E-state index contributed by atoms with van der Waals surface area (Å²) in [5.41, 5.74) is 3.04. The van der Waals surface area contributed by atoms with Crippen LogP contribution >= 0.6 is 0 Å². The van der Waals surface area contributed by atoms with Gasteiger partial charge in [0.25, 0.3) is 0 Å². The van der Waals surface area contributed by atoms with Gasteiger partial charge in [-0.1, -0.05) is 6.07 Å². The molecule has 0 spiro atoms. The zero-order valence-electron chi connectivity index (χ0n) is 10.2. The van der Waals surface area contributed by atoms with Crippen LogP contribution in [0.15, 0.2) is 18.2 Å². The van der Waals surface area contributed by atoms with Crippen LogP contribution in [0.2, 0.25) is 0 Å². The quantitative estimate of drug-likeness (QED) is 0.853. The largest absolute Gasteiger partial charge is 0.381 e. The van der Waals surface area contributed by atoms with E-state index in [0.29, 0.717) is 6.04 Å². The van der Waals surface area contributed by atoms with Gasteiger partial charge >= 0.3 is 0 Å². The van der Waals surface area contributed by atoms with Crippen molar-refractivity contribution in [2.45, 2.75) is 38.6 Å². The Bertz CT molecular complexity index is 452. The van der Waals surface area contributed by atoms with Crippen LogP contribution in [0.25, 0.3) is 0 Å². The van der Waals surface area contributed by atoms with Crippen molar-refractivity contribution in [1.29, 1.82) is 5.26 Å². The molecule has 0 atom stereocenters. The molecule has 17 heavy (non-hydrogen) atoms. The van der Waals surface area contributed by atoms with E-state index in [9.17, 15) is 0 Å². The van der Waals surface area contributed by atoms with Gasteiger partial charge in [0, 0.05) is 6.04 Å². The highest BCUT2D eigenvalue weighted by Crippen LogP contribution is 2.46. The van der Waals surface area contributed by atoms with Gasteiger partial charge in [0.15, 0.2) is 0 Å². The van der Waals surface area contributed by atoms with E-state index in [1.807, 2.05) is 12.1 Å². The predicted octanol–water partition coefficient (Wildman–Crippen LogP) is 3.47. The number of hydrogen-bond donors (Lipinski definition) is 1. The predicted molar refractivity (Wildman–Crippen MR) is 68.8 cm³/mol. The van der Waals surface area contributed by atoms with Crippen molar-refractivity contribution in [2.24, 2.45) is 11.8 Å². The van der Waals surface area contributed by atoms with Gasteiger partial charge in [0.1, 0.15) is 6.07 Å². The van der Waals surface area contributed by atoms with E-state index >= 15 is 0 Å². The van der Waals surface area contributed by atoms with Crippen molar-refractivity contribution >= 4 is 5.69 Å². The summed E-state index contributed by atoms with van der Waals surface area (Å²) < 4.78 is 0. The second-order valence-corrected chi connectivity index (χ2v) is 5.51. The third-order valence-electron chi connectivity index (χ3n) is 3.88. The molecule has 0 aliphatic heterocycles. The lowest BCUT2D eigenvalue weighted by Gasteiger charge is -2.20. The monoisotopic (exact) mass is 226 g/mol. The smallest absolute Gasteiger partial charge is 0.101 e. The molecule has 2 aliphatic rings. The fourth-order valence-electron chi connectivity index (χ4n) is 2.59. The lowest BCUT2D eigenvalue weighted by Crippen LogP contribution is -2.24. The minimum atomic E-state index is 0.615. The first-order chi connectivity index (χ1) is 8.28. The fourth-order valence-corrected chi connectivity index (χ4v) is 2.59. The number of aryl methyl sites for hydroxylation is 1. The van der Waals surface area contributed by atoms with E-state index in [2.05, 4.69) is 24.4 Å². The van der Waals surface area contributed by atoms with Crippen LogP contribution in [-0.4, -0.2) is 6.04 Å². The molecule has 1 aromatic carbocycles. The van der Waals surface area contributed by atoms with Gasteiger partial charge in [-0.3, -0.25) is 0 Å². The average molecular weight is 226 g/mol. The van der Waals surface area contributed by atoms with Crippen LogP contribution in [0.4, 0.5) is 5.69 Å². The molecule has 1 N–H and O–H groups in total. The highest BCUT2D eigenvalue weighted by molar-refractivity contribution is 5.59. The molecular weight excluding hydrogens is 208 g/mol. The first-order valence-electron chi connectivity index (χ1n) is 6.55. The van der Waals surface area contributed by atoms with E-state index < -0.39 is 0 Å². The molecule has 0 bridgehead atoms. The minimum absolute atomic E-state index is 0.615. The van der Waals surface area contributed by atoms with E-state index in [1.54, 1.807) is 0 Å². The zero-order valence-corrected chi connectivity index (χ0v) is 10.2. The van der Waals surface area contributed by atoms with Crippen molar-refractivity contribution in [1.82, 2.24) is 0 Å². The number of rotatable bonds is 4. The Morgan fingerprint density at radius 2 is 1.88 bits per heavy atom. The van der Waals surface area contributed by atoms with E-state index in [1.165, 1.54) is 31.2 Å². The van der Waals surface area contributed by atoms with Crippen molar-refractivity contribution in [3.05, 3.63) is 29.3 Å². The molecule has 2 saturated carbocycles. The van der Waals surface area contributed by atoms with Crippen molar-refractivity contribution in [3.8, 4) is 6.07 Å². The Hall–Kier alpha value is -1.49. The third kappa shape index (κ3) is 2.29. The highest BCUT2D eigenvalue weighted by atomic mass is 15.0. The molecule has 0 aromatic heterocycles. The van der Waals surface area contributed by atoms with Crippen LogP contribution in [0.1, 0.15) is 36.8 Å². The first kappa shape index (κ1) is 10.7. The van der Waals surface area contributed by atoms with Crippen LogP contribution in [0, 0.1) is 30.1 Å². The molecule has 2 aliphatic carbocycles. The highest BCUT2D eigenvalue weighted by Gasteiger charge is 2.41. The molecule has 3 rings (SSSR count). The molecule has 1 aromatic rings. The summed E-state index contributed by atoms with van der Waals surface area (Å²) in [5.74, 6) is 1.71. The lowest BCUT2D eigenvalue weighted by atomic mass is 10.0. The first-order valence-corrected chi connectivity index (χ1v) is 6.55. The van der Waals surface area contributed by atoms with Crippen LogP contribution in [0.5, 0.6) is 0 Å². The Labute approximate surface area is 103 Å². The van der Waals surface area contributed by atoms with E-state index in [4.69, 9.17) is 5.26 Å². The number of nitriles is 1. The van der Waals surface area contributed by atoms with Gasteiger partial charge in [-0.15, -0.1) is 0 Å². The number of nitrogens with one attached hydrogen (secondary N) is 1. The fraction of sp³-hybridized carbons (Fsp3) is 0.533. The molecule has 2 nitrogen and oxygen atoms in total. The summed E-state index contributed by atoms with van der Waals surface area (Å²) in [4.78, 5) is 0. The summed E-state index contributed by atoms with van der Waals surface area (Å²) in [6.45, 7) is 2.08. The number of benzene rings is 1. The minimum Gasteiger partial charge on any atom is -0.381 e. The summed E-state index contributed by atoms with van der Waals surface area (Å²) in [6, 6.07) is 8.94. The van der Waals surface area contributed by atoms with Gasteiger partial charge in [-0.05, 0) is 62.1 Å². The number of hydrogen-bond acceptors (Lipinski definition) is 2. The van der Waals surface area contributed by atoms with Crippen molar-refractivity contribution < 1.29 is 0 Å². The lowest BCUT2D eigenvalue weighted by molar-refractivity contribution is 0.567. The van der Waals surface area contributed by atoms with Crippen molar-refractivity contribution in [3.63, 3.8) is 0 Å².